The summed E-state index contributed by atoms with van der Waals surface area (Å²) in [5.74, 6) is 0. The van der Waals surface area contributed by atoms with E-state index in [1.807, 2.05) is 6.92 Å². The minimum Gasteiger partial charge on any atom is -0.404 e. The molecule has 4 N–H and O–H groups in total. The minimum atomic E-state index is 0.341. The second-order valence-electron chi connectivity index (χ2n) is 2.42. The van der Waals surface area contributed by atoms with Gasteiger partial charge in [0.1, 0.15) is 0 Å². The quantitative estimate of drug-likeness (QED) is 0.582. The molecule has 0 aliphatic rings. The highest BCUT2D eigenvalue weighted by Crippen LogP contribution is 1.93. The van der Waals surface area contributed by atoms with Crippen molar-refractivity contribution in [3.63, 3.8) is 0 Å². The second-order valence-corrected chi connectivity index (χ2v) is 2.86. The molecule has 0 unspecified atom stereocenters. The molecule has 0 atom stereocenters. The highest BCUT2D eigenvalue weighted by molar-refractivity contribution is 6.38. The number of hydrogen-bond donors (Lipinski definition) is 3. The Morgan fingerprint density at radius 1 is 1.64 bits per heavy atom. The Kier molecular flexibility index (Phi) is 7.55. The Labute approximate surface area is 89.1 Å². The van der Waals surface area contributed by atoms with E-state index in [1.54, 1.807) is 6.21 Å². The minimum absolute atomic E-state index is 0.341. The third-order valence-corrected chi connectivity index (χ3v) is 1.56. The maximum Gasteiger partial charge on any atom is 0.0738 e. The summed E-state index contributed by atoms with van der Waals surface area (Å²) < 4.78 is 0. The van der Waals surface area contributed by atoms with E-state index in [9.17, 15) is 0 Å². The van der Waals surface area contributed by atoms with Crippen LogP contribution < -0.4 is 11.1 Å². The van der Waals surface area contributed by atoms with Gasteiger partial charge in [-0.15, -0.1) is 0 Å². The number of hydrogen-bond acceptors (Lipinski definition) is 4. The predicted molar refractivity (Wildman–Crippen MR) is 62.0 cm³/mol. The summed E-state index contributed by atoms with van der Waals surface area (Å²) in [5.41, 5.74) is 6.24. The van der Waals surface area contributed by atoms with Crippen LogP contribution in [0.5, 0.6) is 0 Å². The molecule has 0 heterocycles. The van der Waals surface area contributed by atoms with E-state index < -0.39 is 0 Å². The van der Waals surface area contributed by atoms with Crippen molar-refractivity contribution in [1.29, 1.82) is 5.41 Å². The lowest BCUT2D eigenvalue weighted by Crippen LogP contribution is -2.12. The Morgan fingerprint density at radius 2 is 2.36 bits per heavy atom. The summed E-state index contributed by atoms with van der Waals surface area (Å²) in [6, 6.07) is 0. The zero-order valence-corrected chi connectivity index (χ0v) is 8.88. The third kappa shape index (κ3) is 6.25. The SMILES string of the molecule is CCN=CC(=CN)CN/C=C(/Cl)C=N. The number of allylic oxidation sites excluding steroid dienone is 1. The van der Waals surface area contributed by atoms with Crippen molar-refractivity contribution in [2.75, 3.05) is 13.1 Å². The monoisotopic (exact) mass is 214 g/mol. The molecular formula is C9H15ClN4. The van der Waals surface area contributed by atoms with Crippen molar-refractivity contribution >= 4 is 24.0 Å². The molecule has 0 amide bonds. The topological polar surface area (TPSA) is 74.3 Å². The lowest BCUT2D eigenvalue weighted by Gasteiger charge is -2.00. The van der Waals surface area contributed by atoms with Crippen molar-refractivity contribution in [2.24, 2.45) is 10.7 Å². The van der Waals surface area contributed by atoms with Crippen LogP contribution in [0.2, 0.25) is 0 Å². The number of rotatable bonds is 6. The molecule has 0 spiro atoms. The van der Waals surface area contributed by atoms with Gasteiger partial charge in [-0.2, -0.15) is 0 Å². The van der Waals surface area contributed by atoms with E-state index in [1.165, 1.54) is 12.4 Å². The molecule has 5 heteroatoms. The molecule has 0 aliphatic heterocycles. The molecule has 0 aromatic rings. The third-order valence-electron chi connectivity index (χ3n) is 1.34. The molecule has 0 saturated heterocycles. The van der Waals surface area contributed by atoms with Gasteiger partial charge in [-0.05, 0) is 6.92 Å². The van der Waals surface area contributed by atoms with E-state index in [4.69, 9.17) is 22.7 Å². The maximum absolute atomic E-state index is 6.82. The molecule has 4 nitrogen and oxygen atoms in total. The van der Waals surface area contributed by atoms with Crippen molar-refractivity contribution in [3.05, 3.63) is 23.0 Å². The Balaban J connectivity index is 3.98. The fourth-order valence-electron chi connectivity index (χ4n) is 0.664. The first-order chi connectivity index (χ1) is 6.74. The van der Waals surface area contributed by atoms with Crippen molar-refractivity contribution in [3.8, 4) is 0 Å². The Bertz CT molecular complexity index is 256. The van der Waals surface area contributed by atoms with Crippen LogP contribution in [0.1, 0.15) is 6.92 Å². The summed E-state index contributed by atoms with van der Waals surface area (Å²) in [6.45, 7) is 3.22. The van der Waals surface area contributed by atoms with Gasteiger partial charge >= 0.3 is 0 Å². The van der Waals surface area contributed by atoms with Gasteiger partial charge in [-0.1, -0.05) is 11.6 Å². The molecule has 14 heavy (non-hydrogen) atoms. The van der Waals surface area contributed by atoms with Crippen LogP contribution in [0.15, 0.2) is 28.0 Å². The molecule has 0 aliphatic carbocycles. The van der Waals surface area contributed by atoms with E-state index in [2.05, 4.69) is 10.3 Å². The van der Waals surface area contributed by atoms with Crippen LogP contribution in [-0.2, 0) is 0 Å². The molecular weight excluding hydrogens is 200 g/mol. The fourth-order valence-corrected chi connectivity index (χ4v) is 0.741. The summed E-state index contributed by atoms with van der Waals surface area (Å²) >= 11 is 5.57. The number of nitrogens with two attached hydrogens (primary N) is 1. The van der Waals surface area contributed by atoms with Gasteiger partial charge in [0, 0.05) is 43.5 Å². The summed E-state index contributed by atoms with van der Waals surface area (Å²) in [5, 5.41) is 10.1. The molecule has 0 aromatic heterocycles. The molecule has 0 radical (unpaired) electrons. The summed E-state index contributed by atoms with van der Waals surface area (Å²) in [7, 11) is 0. The van der Waals surface area contributed by atoms with Gasteiger partial charge in [0.15, 0.2) is 0 Å². The molecule has 0 rings (SSSR count). The van der Waals surface area contributed by atoms with Crippen LogP contribution in [0.3, 0.4) is 0 Å². The van der Waals surface area contributed by atoms with E-state index in [-0.39, 0.29) is 0 Å². The Morgan fingerprint density at radius 3 is 2.86 bits per heavy atom. The average molecular weight is 215 g/mol. The van der Waals surface area contributed by atoms with Crippen LogP contribution in [0.4, 0.5) is 0 Å². The van der Waals surface area contributed by atoms with E-state index in [0.717, 1.165) is 18.3 Å². The van der Waals surface area contributed by atoms with Gasteiger partial charge in [0.25, 0.3) is 0 Å². The lowest BCUT2D eigenvalue weighted by atomic mass is 10.3. The normalized spacial score (nSPS) is 13.3. The molecule has 0 aromatic carbocycles. The van der Waals surface area contributed by atoms with Crippen LogP contribution in [-0.4, -0.2) is 25.5 Å². The molecule has 0 bridgehead atoms. The van der Waals surface area contributed by atoms with Gasteiger partial charge in [-0.25, -0.2) is 0 Å². The van der Waals surface area contributed by atoms with Gasteiger partial charge in [0.2, 0.25) is 0 Å². The van der Waals surface area contributed by atoms with Crippen molar-refractivity contribution in [1.82, 2.24) is 5.32 Å². The number of halogens is 1. The van der Waals surface area contributed by atoms with E-state index >= 15 is 0 Å². The Hall–Kier alpha value is -1.29. The molecule has 78 valence electrons. The van der Waals surface area contributed by atoms with Crippen molar-refractivity contribution in [2.45, 2.75) is 6.92 Å². The molecule has 0 fully saturated rings. The van der Waals surface area contributed by atoms with Crippen molar-refractivity contribution < 1.29 is 0 Å². The maximum atomic E-state index is 6.82. The van der Waals surface area contributed by atoms with Crippen LogP contribution in [0, 0.1) is 5.41 Å². The predicted octanol–water partition coefficient (Wildman–Crippen LogP) is 1.24. The fraction of sp³-hybridized carbons (Fsp3) is 0.333. The molecule has 0 saturated carbocycles. The van der Waals surface area contributed by atoms with Crippen LogP contribution >= 0.6 is 11.6 Å². The summed E-state index contributed by atoms with van der Waals surface area (Å²) in [4.78, 5) is 4.05. The van der Waals surface area contributed by atoms with Gasteiger partial charge < -0.3 is 16.5 Å². The first-order valence-corrected chi connectivity index (χ1v) is 4.62. The largest absolute Gasteiger partial charge is 0.404 e. The first kappa shape index (κ1) is 12.7. The average Bonchev–Trinajstić information content (AvgIpc) is 2.22. The zero-order valence-electron chi connectivity index (χ0n) is 8.13. The smallest absolute Gasteiger partial charge is 0.0738 e. The second kappa shape index (κ2) is 8.31. The highest BCUT2D eigenvalue weighted by Gasteiger charge is 1.90. The number of nitrogens with zero attached hydrogens (tertiary/aromatic N) is 1. The van der Waals surface area contributed by atoms with Gasteiger partial charge in [0.05, 0.1) is 5.03 Å². The summed E-state index contributed by atoms with van der Waals surface area (Å²) in [6.07, 6.45) is 5.79. The first-order valence-electron chi connectivity index (χ1n) is 4.24. The van der Waals surface area contributed by atoms with E-state index in [0.29, 0.717) is 11.6 Å². The highest BCUT2D eigenvalue weighted by atomic mass is 35.5. The number of nitrogens with one attached hydrogen (secondary N) is 2. The zero-order chi connectivity index (χ0) is 10.8. The van der Waals surface area contributed by atoms with Crippen LogP contribution in [0.25, 0.3) is 0 Å². The van der Waals surface area contributed by atoms with Gasteiger partial charge in [-0.3, -0.25) is 4.99 Å². The lowest BCUT2D eigenvalue weighted by molar-refractivity contribution is 0.961. The standard InChI is InChI=1S/C9H15ClN4/c1-2-13-5-8(3-11)6-14-7-9(10)4-12/h3-5,7,12,14H,2,6,11H2,1H3/b8-3?,9-7+,12-4?,13-5?. The number of aliphatic imine (C=N–C) groups is 1.